The van der Waals surface area contributed by atoms with Crippen molar-refractivity contribution in [2.75, 3.05) is 26.4 Å². The number of nitrogens with two attached hydrogens (primary N) is 1. The molecular formula is C11H22N2O4. The standard InChI is InChI=1S/C11H22N2O4/c1-4-17-9(14)7-16-6-5-13-10(8(2)3)11(12)15/h8,10,13H,4-7H2,1-3H3,(H2,12,15). The number of amides is 1. The normalized spacial score (nSPS) is 12.5. The van der Waals surface area contributed by atoms with Crippen molar-refractivity contribution in [3.8, 4) is 0 Å². The molecule has 0 aliphatic heterocycles. The number of esters is 1. The molecule has 0 aromatic heterocycles. The zero-order valence-electron chi connectivity index (χ0n) is 10.7. The highest BCUT2D eigenvalue weighted by Gasteiger charge is 2.17. The fourth-order valence-corrected chi connectivity index (χ4v) is 1.31. The van der Waals surface area contributed by atoms with E-state index < -0.39 is 0 Å². The van der Waals surface area contributed by atoms with E-state index in [1.807, 2.05) is 13.8 Å². The molecule has 1 atom stereocenters. The summed E-state index contributed by atoms with van der Waals surface area (Å²) in [6, 6.07) is -0.374. The van der Waals surface area contributed by atoms with Gasteiger partial charge in [0.05, 0.1) is 19.3 Å². The molecule has 0 rings (SSSR count). The van der Waals surface area contributed by atoms with Crippen molar-refractivity contribution >= 4 is 11.9 Å². The smallest absolute Gasteiger partial charge is 0.332 e. The molecule has 1 unspecified atom stereocenters. The maximum absolute atomic E-state index is 11.0. The average Bonchev–Trinajstić information content (AvgIpc) is 2.22. The molecule has 6 nitrogen and oxygen atoms in total. The maximum Gasteiger partial charge on any atom is 0.332 e. The van der Waals surface area contributed by atoms with Gasteiger partial charge in [-0.05, 0) is 12.8 Å². The minimum atomic E-state index is -0.386. The van der Waals surface area contributed by atoms with Gasteiger partial charge in [0.25, 0.3) is 0 Å². The third kappa shape index (κ3) is 7.70. The van der Waals surface area contributed by atoms with Gasteiger partial charge in [0, 0.05) is 6.54 Å². The van der Waals surface area contributed by atoms with Gasteiger partial charge in [-0.3, -0.25) is 4.79 Å². The van der Waals surface area contributed by atoms with Gasteiger partial charge in [0.1, 0.15) is 6.61 Å². The molecule has 0 fully saturated rings. The van der Waals surface area contributed by atoms with Crippen molar-refractivity contribution in [1.82, 2.24) is 5.32 Å². The third-order valence-corrected chi connectivity index (χ3v) is 2.11. The Morgan fingerprint density at radius 3 is 2.47 bits per heavy atom. The summed E-state index contributed by atoms with van der Waals surface area (Å²) < 4.78 is 9.76. The van der Waals surface area contributed by atoms with Crippen molar-refractivity contribution in [2.24, 2.45) is 11.7 Å². The van der Waals surface area contributed by atoms with Gasteiger partial charge in [0.15, 0.2) is 0 Å². The largest absolute Gasteiger partial charge is 0.464 e. The Kier molecular flexibility index (Phi) is 8.35. The van der Waals surface area contributed by atoms with Crippen molar-refractivity contribution < 1.29 is 19.1 Å². The maximum atomic E-state index is 11.0. The van der Waals surface area contributed by atoms with E-state index in [4.69, 9.17) is 10.5 Å². The molecule has 1 amide bonds. The number of carbonyl (C=O) groups is 2. The summed E-state index contributed by atoms with van der Waals surface area (Å²) in [4.78, 5) is 22.0. The Labute approximate surface area is 102 Å². The second-order valence-electron chi connectivity index (χ2n) is 3.94. The van der Waals surface area contributed by atoms with E-state index in [0.717, 1.165) is 0 Å². The van der Waals surface area contributed by atoms with Gasteiger partial charge in [-0.25, -0.2) is 4.79 Å². The lowest BCUT2D eigenvalue weighted by Crippen LogP contribution is -2.46. The predicted molar refractivity (Wildman–Crippen MR) is 63.3 cm³/mol. The SMILES string of the molecule is CCOC(=O)COCCNC(C(N)=O)C(C)C. The van der Waals surface area contributed by atoms with Crippen LogP contribution in [0.4, 0.5) is 0 Å². The summed E-state index contributed by atoms with van der Waals surface area (Å²) >= 11 is 0. The lowest BCUT2D eigenvalue weighted by molar-refractivity contribution is -0.148. The number of hydrogen-bond acceptors (Lipinski definition) is 5. The topological polar surface area (TPSA) is 90.7 Å². The summed E-state index contributed by atoms with van der Waals surface area (Å²) in [5.74, 6) is -0.647. The fraction of sp³-hybridized carbons (Fsp3) is 0.818. The molecule has 17 heavy (non-hydrogen) atoms. The molecule has 3 N–H and O–H groups in total. The summed E-state index contributed by atoms with van der Waals surface area (Å²) in [5.41, 5.74) is 5.22. The second-order valence-corrected chi connectivity index (χ2v) is 3.94. The number of rotatable bonds is 9. The monoisotopic (exact) mass is 246 g/mol. The van der Waals surface area contributed by atoms with Crippen molar-refractivity contribution in [1.29, 1.82) is 0 Å². The van der Waals surface area contributed by atoms with Crippen LogP contribution in [0.2, 0.25) is 0 Å². The van der Waals surface area contributed by atoms with Gasteiger partial charge >= 0.3 is 5.97 Å². The van der Waals surface area contributed by atoms with E-state index in [1.54, 1.807) is 6.92 Å². The Morgan fingerprint density at radius 1 is 1.35 bits per heavy atom. The molecule has 6 heteroatoms. The summed E-state index contributed by atoms with van der Waals surface area (Å²) in [7, 11) is 0. The third-order valence-electron chi connectivity index (χ3n) is 2.11. The van der Waals surface area contributed by atoms with Crippen LogP contribution in [0.1, 0.15) is 20.8 Å². The highest BCUT2D eigenvalue weighted by Crippen LogP contribution is 1.99. The van der Waals surface area contributed by atoms with Crippen LogP contribution in [0.15, 0.2) is 0 Å². The van der Waals surface area contributed by atoms with Gasteiger partial charge in [-0.1, -0.05) is 13.8 Å². The molecule has 0 spiro atoms. The number of primary amides is 1. The van der Waals surface area contributed by atoms with Crippen LogP contribution in [0.5, 0.6) is 0 Å². The number of ether oxygens (including phenoxy) is 2. The number of carbonyl (C=O) groups excluding carboxylic acids is 2. The first-order chi connectivity index (χ1) is 7.99. The summed E-state index contributed by atoms with van der Waals surface area (Å²) in [6.07, 6.45) is 0. The van der Waals surface area contributed by atoms with Gasteiger partial charge in [-0.15, -0.1) is 0 Å². The molecule has 0 aromatic carbocycles. The lowest BCUT2D eigenvalue weighted by Gasteiger charge is -2.18. The van der Waals surface area contributed by atoms with E-state index in [2.05, 4.69) is 10.1 Å². The second kappa shape index (κ2) is 8.95. The number of nitrogens with one attached hydrogen (secondary N) is 1. The molecule has 0 bridgehead atoms. The molecule has 0 aliphatic rings. The molecule has 0 aliphatic carbocycles. The Morgan fingerprint density at radius 2 is 2.00 bits per heavy atom. The molecular weight excluding hydrogens is 224 g/mol. The molecule has 0 heterocycles. The lowest BCUT2D eigenvalue weighted by atomic mass is 10.0. The van der Waals surface area contributed by atoms with Crippen LogP contribution in [-0.2, 0) is 19.1 Å². The number of hydrogen-bond donors (Lipinski definition) is 2. The Hall–Kier alpha value is -1.14. The Bertz CT molecular complexity index is 244. The first-order valence-electron chi connectivity index (χ1n) is 5.75. The van der Waals surface area contributed by atoms with E-state index >= 15 is 0 Å². The van der Waals surface area contributed by atoms with Crippen LogP contribution in [0, 0.1) is 5.92 Å². The average molecular weight is 246 g/mol. The van der Waals surface area contributed by atoms with E-state index in [-0.39, 0.29) is 30.4 Å². The van der Waals surface area contributed by atoms with Gasteiger partial charge in [0.2, 0.25) is 5.91 Å². The molecule has 0 aromatic rings. The quantitative estimate of drug-likeness (QED) is 0.429. The van der Waals surface area contributed by atoms with E-state index in [0.29, 0.717) is 19.8 Å². The molecule has 0 saturated heterocycles. The van der Waals surface area contributed by atoms with Crippen molar-refractivity contribution in [3.63, 3.8) is 0 Å². The summed E-state index contributed by atoms with van der Waals surface area (Å²) in [5, 5.41) is 2.97. The van der Waals surface area contributed by atoms with Crippen molar-refractivity contribution in [2.45, 2.75) is 26.8 Å². The first kappa shape index (κ1) is 15.9. The van der Waals surface area contributed by atoms with Gasteiger partial charge in [-0.2, -0.15) is 0 Å². The highest BCUT2D eigenvalue weighted by molar-refractivity contribution is 5.80. The van der Waals surface area contributed by atoms with Crippen LogP contribution in [0.25, 0.3) is 0 Å². The van der Waals surface area contributed by atoms with Crippen LogP contribution >= 0.6 is 0 Å². The first-order valence-corrected chi connectivity index (χ1v) is 5.75. The fourth-order valence-electron chi connectivity index (χ4n) is 1.31. The molecule has 0 radical (unpaired) electrons. The van der Waals surface area contributed by atoms with Crippen molar-refractivity contribution in [3.05, 3.63) is 0 Å². The highest BCUT2D eigenvalue weighted by atomic mass is 16.6. The van der Waals surface area contributed by atoms with Crippen LogP contribution < -0.4 is 11.1 Å². The molecule has 100 valence electrons. The Balaban J connectivity index is 3.62. The van der Waals surface area contributed by atoms with Gasteiger partial charge < -0.3 is 20.5 Å². The minimum Gasteiger partial charge on any atom is -0.464 e. The van der Waals surface area contributed by atoms with Crippen LogP contribution in [0.3, 0.4) is 0 Å². The van der Waals surface area contributed by atoms with E-state index in [1.165, 1.54) is 0 Å². The zero-order chi connectivity index (χ0) is 13.3. The van der Waals surface area contributed by atoms with E-state index in [9.17, 15) is 9.59 Å². The van der Waals surface area contributed by atoms with Crippen LogP contribution in [-0.4, -0.2) is 44.3 Å². The zero-order valence-corrected chi connectivity index (χ0v) is 10.7. The molecule has 0 saturated carbocycles. The predicted octanol–water partition coefficient (Wildman–Crippen LogP) is -0.334. The minimum absolute atomic E-state index is 0.0710. The summed E-state index contributed by atoms with van der Waals surface area (Å²) in [6.45, 7) is 6.61.